The van der Waals surface area contributed by atoms with Crippen molar-refractivity contribution in [2.75, 3.05) is 11.1 Å². The maximum Gasteiger partial charge on any atom is 0.257 e. The minimum Gasteiger partial charge on any atom is -0.384 e. The number of thiophene rings is 1. The van der Waals surface area contributed by atoms with Gasteiger partial charge in [-0.1, -0.05) is 18.2 Å². The third kappa shape index (κ3) is 2.28. The Morgan fingerprint density at radius 1 is 1.21 bits per heavy atom. The Labute approximate surface area is 113 Å². The highest BCUT2D eigenvalue weighted by molar-refractivity contribution is 7.17. The van der Waals surface area contributed by atoms with Crippen molar-refractivity contribution in [2.45, 2.75) is 0 Å². The topological polar surface area (TPSA) is 68.0 Å². The first-order valence-corrected chi connectivity index (χ1v) is 6.61. The highest BCUT2D eigenvalue weighted by atomic mass is 32.1. The Morgan fingerprint density at radius 3 is 2.84 bits per heavy atom. The van der Waals surface area contributed by atoms with Crippen LogP contribution in [0.15, 0.2) is 48.0 Å². The molecule has 0 fully saturated rings. The van der Waals surface area contributed by atoms with Gasteiger partial charge in [0.25, 0.3) is 5.91 Å². The SMILES string of the molecule is Nc1ccc(NC(=O)c2csc3ccccc23)cn1. The van der Waals surface area contributed by atoms with Crippen LogP contribution in [0.3, 0.4) is 0 Å². The Morgan fingerprint density at radius 2 is 2.05 bits per heavy atom. The van der Waals surface area contributed by atoms with Crippen LogP contribution in [0.2, 0.25) is 0 Å². The first kappa shape index (κ1) is 11.7. The zero-order valence-corrected chi connectivity index (χ0v) is 10.8. The second kappa shape index (κ2) is 4.70. The van der Waals surface area contributed by atoms with E-state index in [9.17, 15) is 4.79 Å². The summed E-state index contributed by atoms with van der Waals surface area (Å²) < 4.78 is 1.10. The summed E-state index contributed by atoms with van der Waals surface area (Å²) in [5, 5.41) is 5.65. The average Bonchev–Trinajstić information content (AvgIpc) is 2.85. The number of anilines is 2. The smallest absolute Gasteiger partial charge is 0.257 e. The first-order valence-electron chi connectivity index (χ1n) is 5.73. The minimum absolute atomic E-state index is 0.135. The van der Waals surface area contributed by atoms with Crippen molar-refractivity contribution >= 4 is 38.8 Å². The van der Waals surface area contributed by atoms with Crippen molar-refractivity contribution in [2.24, 2.45) is 0 Å². The molecule has 4 nitrogen and oxygen atoms in total. The van der Waals surface area contributed by atoms with E-state index in [1.807, 2.05) is 29.6 Å². The number of nitrogens with zero attached hydrogens (tertiary/aromatic N) is 1. The number of pyridine rings is 1. The average molecular weight is 269 g/mol. The highest BCUT2D eigenvalue weighted by Gasteiger charge is 2.11. The molecule has 0 saturated heterocycles. The fraction of sp³-hybridized carbons (Fsp3) is 0. The van der Waals surface area contributed by atoms with Crippen LogP contribution in [0.1, 0.15) is 10.4 Å². The standard InChI is InChI=1S/C14H11N3OS/c15-13-6-5-9(7-16-13)17-14(18)11-8-19-12-4-2-1-3-10(11)12/h1-8H,(H2,15,16)(H,17,18). The molecular formula is C14H11N3OS. The number of fused-ring (bicyclic) bond motifs is 1. The molecule has 0 aliphatic carbocycles. The number of nitrogens with one attached hydrogen (secondary N) is 1. The molecule has 94 valence electrons. The molecule has 0 saturated carbocycles. The van der Waals surface area contributed by atoms with Crippen LogP contribution in [0, 0.1) is 0 Å². The molecule has 19 heavy (non-hydrogen) atoms. The zero-order valence-electron chi connectivity index (χ0n) is 9.96. The summed E-state index contributed by atoms with van der Waals surface area (Å²) in [6, 6.07) is 11.2. The summed E-state index contributed by atoms with van der Waals surface area (Å²) >= 11 is 1.56. The van der Waals surface area contributed by atoms with E-state index in [1.165, 1.54) is 0 Å². The van der Waals surface area contributed by atoms with Crippen molar-refractivity contribution in [3.8, 4) is 0 Å². The number of aromatic nitrogens is 1. The molecule has 0 bridgehead atoms. The molecule has 5 heteroatoms. The summed E-state index contributed by atoms with van der Waals surface area (Å²) in [6.07, 6.45) is 1.54. The predicted molar refractivity (Wildman–Crippen MR) is 78.4 cm³/mol. The Kier molecular flexibility index (Phi) is 2.89. The Bertz CT molecular complexity index is 734. The van der Waals surface area contributed by atoms with Gasteiger partial charge in [0.1, 0.15) is 5.82 Å². The zero-order chi connectivity index (χ0) is 13.2. The van der Waals surface area contributed by atoms with Gasteiger partial charge in [-0.15, -0.1) is 11.3 Å². The molecule has 0 unspecified atom stereocenters. The molecule has 2 aromatic heterocycles. The number of benzene rings is 1. The molecule has 1 amide bonds. The van der Waals surface area contributed by atoms with Crippen LogP contribution >= 0.6 is 11.3 Å². The number of carbonyl (C=O) groups excluding carboxylic acids is 1. The van der Waals surface area contributed by atoms with E-state index < -0.39 is 0 Å². The van der Waals surface area contributed by atoms with Crippen LogP contribution in [0.5, 0.6) is 0 Å². The van der Waals surface area contributed by atoms with Crippen molar-refractivity contribution < 1.29 is 4.79 Å². The summed E-state index contributed by atoms with van der Waals surface area (Å²) in [5.74, 6) is 0.294. The van der Waals surface area contributed by atoms with Crippen LogP contribution in [0.25, 0.3) is 10.1 Å². The van der Waals surface area contributed by atoms with E-state index in [0.717, 1.165) is 10.1 Å². The lowest BCUT2D eigenvalue weighted by Crippen LogP contribution is -2.11. The van der Waals surface area contributed by atoms with E-state index >= 15 is 0 Å². The molecule has 2 heterocycles. The Balaban J connectivity index is 1.90. The molecule has 3 rings (SSSR count). The second-order valence-electron chi connectivity index (χ2n) is 4.07. The van der Waals surface area contributed by atoms with Gasteiger partial charge in [-0.3, -0.25) is 4.79 Å². The summed E-state index contributed by atoms with van der Waals surface area (Å²) in [4.78, 5) is 16.2. The van der Waals surface area contributed by atoms with E-state index in [1.54, 1.807) is 29.7 Å². The van der Waals surface area contributed by atoms with Gasteiger partial charge in [0.15, 0.2) is 0 Å². The lowest BCUT2D eigenvalue weighted by atomic mass is 10.1. The van der Waals surface area contributed by atoms with Gasteiger partial charge >= 0.3 is 0 Å². The minimum atomic E-state index is -0.135. The van der Waals surface area contributed by atoms with Gasteiger partial charge in [-0.25, -0.2) is 4.98 Å². The first-order chi connectivity index (χ1) is 9.24. The summed E-state index contributed by atoms with van der Waals surface area (Å²) in [5.41, 5.74) is 6.82. The maximum atomic E-state index is 12.2. The molecule has 3 aromatic rings. The quantitative estimate of drug-likeness (QED) is 0.751. The van der Waals surface area contributed by atoms with E-state index in [2.05, 4.69) is 10.3 Å². The van der Waals surface area contributed by atoms with Crippen molar-refractivity contribution in [1.82, 2.24) is 4.98 Å². The fourth-order valence-corrected chi connectivity index (χ4v) is 2.77. The van der Waals surface area contributed by atoms with Crippen molar-refractivity contribution in [1.29, 1.82) is 0 Å². The third-order valence-electron chi connectivity index (χ3n) is 2.77. The Hall–Kier alpha value is -2.40. The number of amides is 1. The molecule has 0 spiro atoms. The van der Waals surface area contributed by atoms with E-state index in [0.29, 0.717) is 17.1 Å². The molecule has 0 aliphatic heterocycles. The van der Waals surface area contributed by atoms with Gasteiger partial charge in [0, 0.05) is 15.5 Å². The molecule has 0 radical (unpaired) electrons. The number of nitrogen functional groups attached to an aromatic ring is 1. The number of rotatable bonds is 2. The van der Waals surface area contributed by atoms with Crippen LogP contribution in [-0.2, 0) is 0 Å². The van der Waals surface area contributed by atoms with Crippen LogP contribution < -0.4 is 11.1 Å². The second-order valence-corrected chi connectivity index (χ2v) is 4.98. The van der Waals surface area contributed by atoms with Gasteiger partial charge in [0.2, 0.25) is 0 Å². The highest BCUT2D eigenvalue weighted by Crippen LogP contribution is 2.26. The molecular weight excluding hydrogens is 258 g/mol. The predicted octanol–water partition coefficient (Wildman–Crippen LogP) is 3.13. The lowest BCUT2D eigenvalue weighted by Gasteiger charge is -2.04. The van der Waals surface area contributed by atoms with E-state index in [-0.39, 0.29) is 5.91 Å². The summed E-state index contributed by atoms with van der Waals surface area (Å²) in [6.45, 7) is 0. The van der Waals surface area contributed by atoms with Crippen LogP contribution in [-0.4, -0.2) is 10.9 Å². The van der Waals surface area contributed by atoms with Gasteiger partial charge < -0.3 is 11.1 Å². The van der Waals surface area contributed by atoms with Crippen LogP contribution in [0.4, 0.5) is 11.5 Å². The lowest BCUT2D eigenvalue weighted by molar-refractivity contribution is 0.102. The van der Waals surface area contributed by atoms with E-state index in [4.69, 9.17) is 5.73 Å². The molecule has 0 aliphatic rings. The maximum absolute atomic E-state index is 12.2. The molecule has 1 aromatic carbocycles. The van der Waals surface area contributed by atoms with Crippen molar-refractivity contribution in [3.05, 3.63) is 53.5 Å². The van der Waals surface area contributed by atoms with Gasteiger partial charge in [-0.2, -0.15) is 0 Å². The largest absolute Gasteiger partial charge is 0.384 e. The molecule has 3 N–H and O–H groups in total. The van der Waals surface area contributed by atoms with Gasteiger partial charge in [0.05, 0.1) is 17.4 Å². The molecule has 0 atom stereocenters. The normalized spacial score (nSPS) is 10.5. The van der Waals surface area contributed by atoms with Gasteiger partial charge in [-0.05, 0) is 18.2 Å². The number of hydrogen-bond acceptors (Lipinski definition) is 4. The number of nitrogens with two attached hydrogens (primary N) is 1. The number of hydrogen-bond donors (Lipinski definition) is 2. The van der Waals surface area contributed by atoms with Crippen molar-refractivity contribution in [3.63, 3.8) is 0 Å². The fourth-order valence-electron chi connectivity index (χ4n) is 1.83. The number of carbonyl (C=O) groups is 1. The monoisotopic (exact) mass is 269 g/mol. The summed E-state index contributed by atoms with van der Waals surface area (Å²) in [7, 11) is 0. The third-order valence-corrected chi connectivity index (χ3v) is 3.73.